The number of nitrogens with one attached hydrogen (secondary N) is 2. The zero-order chi connectivity index (χ0) is 29.6. The topological polar surface area (TPSA) is 169 Å². The Labute approximate surface area is 244 Å². The number of rotatable bonds is 6. The van der Waals surface area contributed by atoms with E-state index in [0.717, 1.165) is 0 Å². The summed E-state index contributed by atoms with van der Waals surface area (Å²) >= 11 is 0. The van der Waals surface area contributed by atoms with Gasteiger partial charge in [0, 0.05) is 50.4 Å². The monoisotopic (exact) mass is 578 g/mol. The number of nitrogens with zero attached hydrogens (tertiary/aromatic N) is 2. The summed E-state index contributed by atoms with van der Waals surface area (Å²) in [5.74, 6) is -1.08. The first kappa shape index (κ1) is 29.3. The Morgan fingerprint density at radius 2 is 1.02 bits per heavy atom. The minimum atomic E-state index is -0.540. The molecule has 2 aliphatic heterocycles. The number of carbonyl (C=O) groups excluding carboxylic acids is 4. The van der Waals surface area contributed by atoms with Gasteiger partial charge in [0.2, 0.25) is 11.8 Å². The number of benzene rings is 2. The van der Waals surface area contributed by atoms with Gasteiger partial charge < -0.3 is 31.6 Å². The largest absolute Gasteiger partial charge is 0.446 e. The minimum absolute atomic E-state index is 0.302. The Morgan fingerprint density at radius 3 is 1.40 bits per heavy atom. The van der Waals surface area contributed by atoms with Gasteiger partial charge in [0.25, 0.3) is 0 Å². The van der Waals surface area contributed by atoms with Gasteiger partial charge in [-0.15, -0.1) is 0 Å². The first-order chi connectivity index (χ1) is 20.3. The van der Waals surface area contributed by atoms with Crippen LogP contribution < -0.4 is 22.1 Å². The summed E-state index contributed by atoms with van der Waals surface area (Å²) in [6.45, 7) is 3.08. The Kier molecular flexibility index (Phi) is 9.23. The van der Waals surface area contributed by atoms with Gasteiger partial charge in [-0.25, -0.2) is 9.59 Å². The van der Waals surface area contributed by atoms with Crippen LogP contribution in [0.1, 0.15) is 69.6 Å². The molecule has 5 rings (SSSR count). The van der Waals surface area contributed by atoms with Crippen molar-refractivity contribution in [2.24, 2.45) is 11.5 Å². The smallest absolute Gasteiger partial charge is 0.410 e. The molecular weight excluding hydrogens is 540 g/mol. The maximum atomic E-state index is 13.3. The fourth-order valence-electron chi connectivity index (χ4n) is 6.11. The number of hydrogen-bond donors (Lipinski definition) is 4. The maximum absolute atomic E-state index is 13.3. The highest BCUT2D eigenvalue weighted by molar-refractivity contribution is 5.95. The molecule has 2 unspecified atom stereocenters. The predicted octanol–water partition coefficient (Wildman–Crippen LogP) is 2.06. The lowest BCUT2D eigenvalue weighted by atomic mass is 9.95. The van der Waals surface area contributed by atoms with Crippen LogP contribution in [0.4, 0.5) is 9.59 Å². The lowest BCUT2D eigenvalue weighted by molar-refractivity contribution is -0.00998. The van der Waals surface area contributed by atoms with Gasteiger partial charge >= 0.3 is 12.2 Å². The van der Waals surface area contributed by atoms with E-state index >= 15 is 0 Å². The summed E-state index contributed by atoms with van der Waals surface area (Å²) in [5.41, 5.74) is 13.3. The molecule has 3 fully saturated rings. The molecule has 1 saturated carbocycles. The second kappa shape index (κ2) is 13.2. The molecule has 2 atom stereocenters. The van der Waals surface area contributed by atoms with Gasteiger partial charge in [-0.3, -0.25) is 19.4 Å². The van der Waals surface area contributed by atoms with Crippen molar-refractivity contribution in [1.82, 2.24) is 20.4 Å². The second-order valence-corrected chi connectivity index (χ2v) is 10.9. The number of carbonyl (C=O) groups is 4. The number of ether oxygens (including phenoxy) is 2. The molecule has 224 valence electrons. The van der Waals surface area contributed by atoms with Gasteiger partial charge in [-0.1, -0.05) is 36.4 Å². The highest BCUT2D eigenvalue weighted by Crippen LogP contribution is 2.31. The third kappa shape index (κ3) is 6.50. The van der Waals surface area contributed by atoms with Crippen molar-refractivity contribution in [3.63, 3.8) is 0 Å². The van der Waals surface area contributed by atoms with E-state index < -0.39 is 24.0 Å². The van der Waals surface area contributed by atoms with Crippen LogP contribution in [0, 0.1) is 0 Å². The molecule has 0 bridgehead atoms. The van der Waals surface area contributed by atoms with Crippen molar-refractivity contribution in [2.75, 3.05) is 39.3 Å². The number of piperazine rings is 2. The zero-order valence-corrected chi connectivity index (χ0v) is 23.5. The van der Waals surface area contributed by atoms with E-state index in [-0.39, 0.29) is 24.3 Å². The molecule has 2 heterocycles. The Morgan fingerprint density at radius 1 is 0.643 bits per heavy atom. The molecule has 2 aromatic rings. The van der Waals surface area contributed by atoms with Crippen molar-refractivity contribution < 1.29 is 28.7 Å². The summed E-state index contributed by atoms with van der Waals surface area (Å²) < 4.78 is 11.8. The van der Waals surface area contributed by atoms with Crippen LogP contribution in [0.15, 0.2) is 48.5 Å². The summed E-state index contributed by atoms with van der Waals surface area (Å²) in [6, 6.07) is 13.3. The third-order valence-corrected chi connectivity index (χ3v) is 8.28. The Bertz CT molecular complexity index is 1210. The van der Waals surface area contributed by atoms with Crippen LogP contribution in [-0.2, 0) is 9.47 Å². The van der Waals surface area contributed by atoms with E-state index in [1.807, 2.05) is 24.3 Å². The average molecular weight is 579 g/mol. The van der Waals surface area contributed by atoms with Crippen LogP contribution in [0.5, 0.6) is 0 Å². The molecule has 12 nitrogen and oxygen atoms in total. The van der Waals surface area contributed by atoms with Crippen LogP contribution in [0.2, 0.25) is 0 Å². The average Bonchev–Trinajstić information content (AvgIpc) is 3.02. The molecule has 0 spiro atoms. The first-order valence-electron chi connectivity index (χ1n) is 14.5. The van der Waals surface area contributed by atoms with E-state index in [9.17, 15) is 19.2 Å². The summed E-state index contributed by atoms with van der Waals surface area (Å²) in [4.78, 5) is 53.9. The van der Waals surface area contributed by atoms with Crippen LogP contribution in [-0.4, -0.2) is 85.3 Å². The van der Waals surface area contributed by atoms with Crippen molar-refractivity contribution in [3.8, 4) is 0 Å². The van der Waals surface area contributed by atoms with Gasteiger partial charge in [-0.2, -0.15) is 0 Å². The van der Waals surface area contributed by atoms with E-state index in [0.29, 0.717) is 87.2 Å². The van der Waals surface area contributed by atoms with Crippen molar-refractivity contribution in [3.05, 3.63) is 70.8 Å². The summed E-state index contributed by atoms with van der Waals surface area (Å²) in [5, 5.41) is 6.56. The highest BCUT2D eigenvalue weighted by Gasteiger charge is 2.36. The maximum Gasteiger partial charge on any atom is 0.410 e. The Balaban J connectivity index is 1.17. The number of amides is 4. The number of hydrogen-bond acceptors (Lipinski definition) is 8. The van der Waals surface area contributed by atoms with Gasteiger partial charge in [0.05, 0.1) is 12.1 Å². The fourth-order valence-corrected chi connectivity index (χ4v) is 6.11. The van der Waals surface area contributed by atoms with Crippen LogP contribution in [0.3, 0.4) is 0 Å². The standard InChI is InChI=1S/C30H38N6O6/c31-27(37)23-7-3-1-5-21(23)25-17-33-13-15-35(25)29(39)41-19-9-11-20(12-10-19)42-30(40)36-16-14-34-18-26(36)22-6-2-4-8-24(22)28(32)38/h1-8,19-20,25-26,33-34H,9-18H2,(H2,31,37)(H2,32,38). The second-order valence-electron chi connectivity index (χ2n) is 10.9. The molecule has 4 amide bonds. The molecule has 2 aromatic carbocycles. The number of primary amides is 2. The molecule has 0 aromatic heterocycles. The Hall–Kier alpha value is -4.16. The van der Waals surface area contributed by atoms with Crippen molar-refractivity contribution >= 4 is 24.0 Å². The predicted molar refractivity (Wildman–Crippen MR) is 154 cm³/mol. The van der Waals surface area contributed by atoms with E-state index in [1.54, 1.807) is 34.1 Å². The third-order valence-electron chi connectivity index (χ3n) is 8.28. The SMILES string of the molecule is NC(=O)c1ccccc1C1CNCCN1C(=O)OC1CCC(OC(=O)N2CCNCC2c2ccccc2C(N)=O)CC1. The quantitative estimate of drug-likeness (QED) is 0.404. The lowest BCUT2D eigenvalue weighted by Gasteiger charge is -2.39. The van der Waals surface area contributed by atoms with E-state index in [1.165, 1.54) is 0 Å². The molecular formula is C30H38N6O6. The first-order valence-corrected chi connectivity index (χ1v) is 14.5. The van der Waals surface area contributed by atoms with Crippen molar-refractivity contribution in [2.45, 2.75) is 50.0 Å². The van der Waals surface area contributed by atoms with E-state index in [2.05, 4.69) is 10.6 Å². The molecule has 6 N–H and O–H groups in total. The summed E-state index contributed by atoms with van der Waals surface area (Å²) in [7, 11) is 0. The molecule has 3 aliphatic rings. The van der Waals surface area contributed by atoms with Crippen LogP contribution >= 0.6 is 0 Å². The van der Waals surface area contributed by atoms with Gasteiger partial charge in [-0.05, 0) is 48.9 Å². The van der Waals surface area contributed by atoms with E-state index in [4.69, 9.17) is 20.9 Å². The normalized spacial score (nSPS) is 24.5. The molecule has 2 saturated heterocycles. The lowest BCUT2D eigenvalue weighted by Crippen LogP contribution is -2.50. The minimum Gasteiger partial charge on any atom is -0.446 e. The fraction of sp³-hybridized carbons (Fsp3) is 0.467. The summed E-state index contributed by atoms with van der Waals surface area (Å²) in [6.07, 6.45) is 0.784. The molecule has 12 heteroatoms. The highest BCUT2D eigenvalue weighted by atomic mass is 16.6. The zero-order valence-electron chi connectivity index (χ0n) is 23.5. The van der Waals surface area contributed by atoms with Crippen molar-refractivity contribution in [1.29, 1.82) is 0 Å². The van der Waals surface area contributed by atoms with Gasteiger partial charge in [0.15, 0.2) is 0 Å². The molecule has 42 heavy (non-hydrogen) atoms. The molecule has 0 radical (unpaired) electrons. The molecule has 1 aliphatic carbocycles. The van der Waals surface area contributed by atoms with Gasteiger partial charge in [0.1, 0.15) is 12.2 Å². The number of nitrogens with two attached hydrogens (primary N) is 2. The van der Waals surface area contributed by atoms with Crippen LogP contribution in [0.25, 0.3) is 0 Å².